The molecular formula is C13H13NO2. The number of fused-ring (bicyclic) bond motifs is 1. The van der Waals surface area contributed by atoms with Crippen LogP contribution in [0.4, 0.5) is 0 Å². The molecule has 0 amide bonds. The van der Waals surface area contributed by atoms with Gasteiger partial charge in [0.05, 0.1) is 5.56 Å². The third kappa shape index (κ3) is 1.65. The zero-order chi connectivity index (χ0) is 11.7. The summed E-state index contributed by atoms with van der Waals surface area (Å²) in [5.74, 6) is -0.629. The van der Waals surface area contributed by atoms with Gasteiger partial charge in [-0.25, -0.2) is 4.79 Å². The van der Waals surface area contributed by atoms with E-state index < -0.39 is 5.97 Å². The standard InChI is InChI=1S/C13H13NO2/c1-8(2)11-7-14-6-9-4-3-5-10(12(9)11)13(15)16/h3-8H,1-2H3,(H,15,16). The largest absolute Gasteiger partial charge is 0.478 e. The van der Waals surface area contributed by atoms with Gasteiger partial charge in [0.25, 0.3) is 0 Å². The number of aromatic carboxylic acids is 1. The molecule has 0 radical (unpaired) electrons. The number of hydrogen-bond donors (Lipinski definition) is 1. The first-order valence-corrected chi connectivity index (χ1v) is 5.21. The van der Waals surface area contributed by atoms with Crippen molar-refractivity contribution in [2.75, 3.05) is 0 Å². The molecule has 0 aliphatic heterocycles. The number of pyridine rings is 1. The van der Waals surface area contributed by atoms with E-state index in [1.54, 1.807) is 24.5 Å². The Hall–Kier alpha value is -1.90. The van der Waals surface area contributed by atoms with Crippen molar-refractivity contribution >= 4 is 16.7 Å². The van der Waals surface area contributed by atoms with Crippen LogP contribution in [0.3, 0.4) is 0 Å². The Bertz CT molecular complexity index is 541. The molecule has 2 rings (SSSR count). The summed E-state index contributed by atoms with van der Waals surface area (Å²) < 4.78 is 0. The van der Waals surface area contributed by atoms with Crippen molar-refractivity contribution in [1.29, 1.82) is 0 Å². The molecule has 0 fully saturated rings. The molecule has 16 heavy (non-hydrogen) atoms. The summed E-state index contributed by atoms with van der Waals surface area (Å²) >= 11 is 0. The summed E-state index contributed by atoms with van der Waals surface area (Å²) in [4.78, 5) is 15.3. The van der Waals surface area contributed by atoms with Gasteiger partial charge in [0, 0.05) is 23.2 Å². The molecule has 0 atom stereocenters. The molecule has 1 N–H and O–H groups in total. The Morgan fingerprint density at radius 3 is 2.69 bits per heavy atom. The first kappa shape index (κ1) is 10.6. The molecule has 1 aromatic heterocycles. The highest BCUT2D eigenvalue weighted by atomic mass is 16.4. The van der Waals surface area contributed by atoms with Crippen LogP contribution < -0.4 is 0 Å². The van der Waals surface area contributed by atoms with Crippen molar-refractivity contribution in [3.05, 3.63) is 41.7 Å². The summed E-state index contributed by atoms with van der Waals surface area (Å²) in [5.41, 5.74) is 1.33. The van der Waals surface area contributed by atoms with Crippen LogP contribution in [-0.4, -0.2) is 16.1 Å². The normalized spacial score (nSPS) is 10.9. The summed E-state index contributed by atoms with van der Waals surface area (Å²) in [6.45, 7) is 4.07. The number of rotatable bonds is 2. The Balaban J connectivity index is 2.87. The highest BCUT2D eigenvalue weighted by molar-refractivity contribution is 6.04. The lowest BCUT2D eigenvalue weighted by molar-refractivity contribution is 0.0699. The molecule has 0 aliphatic carbocycles. The number of carbonyl (C=O) groups is 1. The Morgan fingerprint density at radius 2 is 2.06 bits per heavy atom. The Kier molecular flexibility index (Phi) is 2.60. The minimum absolute atomic E-state index is 0.261. The highest BCUT2D eigenvalue weighted by Gasteiger charge is 2.13. The molecule has 0 spiro atoms. The predicted octanol–water partition coefficient (Wildman–Crippen LogP) is 3.06. The Morgan fingerprint density at radius 1 is 1.31 bits per heavy atom. The molecule has 0 saturated heterocycles. The lowest BCUT2D eigenvalue weighted by Gasteiger charge is -2.11. The van der Waals surface area contributed by atoms with Crippen LogP contribution in [0.2, 0.25) is 0 Å². The van der Waals surface area contributed by atoms with E-state index in [2.05, 4.69) is 4.98 Å². The molecule has 0 aliphatic rings. The molecule has 82 valence electrons. The second kappa shape index (κ2) is 3.93. The van der Waals surface area contributed by atoms with Gasteiger partial charge in [-0.15, -0.1) is 0 Å². The summed E-state index contributed by atoms with van der Waals surface area (Å²) in [5, 5.41) is 10.9. The second-order valence-electron chi connectivity index (χ2n) is 4.09. The summed E-state index contributed by atoms with van der Waals surface area (Å²) in [6.07, 6.45) is 3.45. The third-order valence-electron chi connectivity index (χ3n) is 2.67. The highest BCUT2D eigenvalue weighted by Crippen LogP contribution is 2.27. The maximum atomic E-state index is 11.2. The predicted molar refractivity (Wildman–Crippen MR) is 62.8 cm³/mol. The van der Waals surface area contributed by atoms with Crippen LogP contribution in [0.25, 0.3) is 10.8 Å². The van der Waals surface area contributed by atoms with E-state index in [0.717, 1.165) is 16.3 Å². The van der Waals surface area contributed by atoms with Crippen LogP contribution in [0.15, 0.2) is 30.6 Å². The lowest BCUT2D eigenvalue weighted by atomic mass is 9.95. The fourth-order valence-corrected chi connectivity index (χ4v) is 1.88. The van der Waals surface area contributed by atoms with Gasteiger partial charge in [-0.3, -0.25) is 4.98 Å². The number of carboxylic acids is 1. The van der Waals surface area contributed by atoms with E-state index in [1.165, 1.54) is 0 Å². The van der Waals surface area contributed by atoms with Gasteiger partial charge in [0.1, 0.15) is 0 Å². The van der Waals surface area contributed by atoms with Crippen molar-refractivity contribution in [1.82, 2.24) is 4.98 Å². The molecule has 3 nitrogen and oxygen atoms in total. The fraction of sp³-hybridized carbons (Fsp3) is 0.231. The smallest absolute Gasteiger partial charge is 0.336 e. The molecule has 1 heterocycles. The topological polar surface area (TPSA) is 50.2 Å². The first-order chi connectivity index (χ1) is 7.61. The van der Waals surface area contributed by atoms with Gasteiger partial charge in [-0.1, -0.05) is 26.0 Å². The number of hydrogen-bond acceptors (Lipinski definition) is 2. The number of aromatic nitrogens is 1. The summed E-state index contributed by atoms with van der Waals surface area (Å²) in [7, 11) is 0. The zero-order valence-electron chi connectivity index (χ0n) is 9.27. The van der Waals surface area contributed by atoms with Gasteiger partial charge >= 0.3 is 5.97 Å². The van der Waals surface area contributed by atoms with Gasteiger partial charge in [-0.05, 0) is 17.5 Å². The third-order valence-corrected chi connectivity index (χ3v) is 2.67. The van der Waals surface area contributed by atoms with Gasteiger partial charge in [0.2, 0.25) is 0 Å². The average Bonchev–Trinajstić information content (AvgIpc) is 2.27. The van der Waals surface area contributed by atoms with Crippen molar-refractivity contribution < 1.29 is 9.90 Å². The van der Waals surface area contributed by atoms with E-state index in [0.29, 0.717) is 5.56 Å². The van der Waals surface area contributed by atoms with Crippen molar-refractivity contribution in [2.45, 2.75) is 19.8 Å². The average molecular weight is 215 g/mol. The van der Waals surface area contributed by atoms with Crippen LogP contribution in [0, 0.1) is 0 Å². The number of nitrogens with zero attached hydrogens (tertiary/aromatic N) is 1. The maximum Gasteiger partial charge on any atom is 0.336 e. The lowest BCUT2D eigenvalue weighted by Crippen LogP contribution is -2.01. The van der Waals surface area contributed by atoms with Crippen LogP contribution >= 0.6 is 0 Å². The Labute approximate surface area is 93.7 Å². The first-order valence-electron chi connectivity index (χ1n) is 5.21. The second-order valence-corrected chi connectivity index (χ2v) is 4.09. The minimum atomic E-state index is -0.890. The van der Waals surface area contributed by atoms with Crippen molar-refractivity contribution in [3.63, 3.8) is 0 Å². The van der Waals surface area contributed by atoms with Crippen LogP contribution in [-0.2, 0) is 0 Å². The molecule has 3 heteroatoms. The van der Waals surface area contributed by atoms with E-state index in [9.17, 15) is 4.79 Å². The summed E-state index contributed by atoms with van der Waals surface area (Å²) in [6, 6.07) is 5.27. The SMILES string of the molecule is CC(C)c1cncc2cccc(C(=O)O)c12. The van der Waals surface area contributed by atoms with Crippen molar-refractivity contribution in [2.24, 2.45) is 0 Å². The molecule has 1 aromatic carbocycles. The quantitative estimate of drug-likeness (QED) is 0.837. The van der Waals surface area contributed by atoms with E-state index in [4.69, 9.17) is 5.11 Å². The molecule has 2 aromatic rings. The minimum Gasteiger partial charge on any atom is -0.478 e. The molecule has 0 saturated carbocycles. The molecular weight excluding hydrogens is 202 g/mol. The molecule has 0 unspecified atom stereocenters. The van der Waals surface area contributed by atoms with Crippen LogP contribution in [0.1, 0.15) is 35.7 Å². The van der Waals surface area contributed by atoms with Crippen molar-refractivity contribution in [3.8, 4) is 0 Å². The van der Waals surface area contributed by atoms with Crippen LogP contribution in [0.5, 0.6) is 0 Å². The fourth-order valence-electron chi connectivity index (χ4n) is 1.88. The monoisotopic (exact) mass is 215 g/mol. The van der Waals surface area contributed by atoms with E-state index >= 15 is 0 Å². The number of benzene rings is 1. The van der Waals surface area contributed by atoms with Gasteiger partial charge in [-0.2, -0.15) is 0 Å². The van der Waals surface area contributed by atoms with E-state index in [-0.39, 0.29) is 5.92 Å². The maximum absolute atomic E-state index is 11.2. The van der Waals surface area contributed by atoms with E-state index in [1.807, 2.05) is 19.9 Å². The zero-order valence-corrected chi connectivity index (χ0v) is 9.27. The molecule has 0 bridgehead atoms. The van der Waals surface area contributed by atoms with Gasteiger partial charge in [0.15, 0.2) is 0 Å². The van der Waals surface area contributed by atoms with Gasteiger partial charge < -0.3 is 5.11 Å². The number of carboxylic acid groups (broad SMARTS) is 1.